The van der Waals surface area contributed by atoms with E-state index in [0.717, 1.165) is 31.3 Å². The van der Waals surface area contributed by atoms with Crippen molar-refractivity contribution in [1.29, 1.82) is 5.26 Å². The fourth-order valence-corrected chi connectivity index (χ4v) is 3.19. The van der Waals surface area contributed by atoms with Crippen LogP contribution >= 0.6 is 0 Å². The largest absolute Gasteiger partial charge is 0.416 e. The van der Waals surface area contributed by atoms with Crippen LogP contribution in [0.25, 0.3) is 0 Å². The molecule has 1 aliphatic heterocycles. The standard InChI is InChI=1S/C19H18F3N3/c20-19(21,22)17-6-3-7-18(12-17)25-10-8-24(9-11-25)14-16-5-2-1-4-15(16)13-23/h1-7,12H,8-11,14H2/p+1. The molecule has 130 valence electrons. The lowest BCUT2D eigenvalue weighted by atomic mass is 10.1. The van der Waals surface area contributed by atoms with Gasteiger partial charge in [0.15, 0.2) is 0 Å². The maximum atomic E-state index is 12.9. The van der Waals surface area contributed by atoms with Gasteiger partial charge in [0.05, 0.1) is 43.4 Å². The van der Waals surface area contributed by atoms with Crippen LogP contribution in [0.3, 0.4) is 0 Å². The second kappa shape index (κ2) is 7.16. The molecule has 6 heteroatoms. The molecule has 1 fully saturated rings. The van der Waals surface area contributed by atoms with Crippen molar-refractivity contribution in [3.8, 4) is 6.07 Å². The molecule has 0 saturated carbocycles. The topological polar surface area (TPSA) is 31.5 Å². The predicted octanol–water partition coefficient (Wildman–Crippen LogP) is 2.48. The lowest BCUT2D eigenvalue weighted by molar-refractivity contribution is -0.914. The number of nitrogens with one attached hydrogen (secondary N) is 1. The summed E-state index contributed by atoms with van der Waals surface area (Å²) in [5, 5.41) is 9.17. The molecule has 25 heavy (non-hydrogen) atoms. The minimum absolute atomic E-state index is 0.609. The minimum Gasteiger partial charge on any atom is -0.360 e. The number of halogens is 3. The number of alkyl halides is 3. The number of piperazine rings is 1. The van der Waals surface area contributed by atoms with Crippen LogP contribution in [0.1, 0.15) is 16.7 Å². The van der Waals surface area contributed by atoms with Crippen LogP contribution in [-0.2, 0) is 12.7 Å². The quantitative estimate of drug-likeness (QED) is 0.926. The molecule has 1 heterocycles. The van der Waals surface area contributed by atoms with Gasteiger partial charge in [-0.2, -0.15) is 18.4 Å². The molecule has 0 spiro atoms. The molecule has 0 amide bonds. The van der Waals surface area contributed by atoms with Gasteiger partial charge in [-0.25, -0.2) is 0 Å². The van der Waals surface area contributed by atoms with Crippen molar-refractivity contribution >= 4 is 5.69 Å². The molecular weight excluding hydrogens is 327 g/mol. The van der Waals surface area contributed by atoms with Gasteiger partial charge in [0.25, 0.3) is 0 Å². The Kier molecular flexibility index (Phi) is 4.95. The van der Waals surface area contributed by atoms with Crippen molar-refractivity contribution in [3.05, 3.63) is 65.2 Å². The van der Waals surface area contributed by atoms with Crippen molar-refractivity contribution in [3.63, 3.8) is 0 Å². The van der Waals surface area contributed by atoms with Crippen molar-refractivity contribution < 1.29 is 18.1 Å². The summed E-state index contributed by atoms with van der Waals surface area (Å²) in [6.07, 6.45) is -4.32. The van der Waals surface area contributed by atoms with E-state index in [2.05, 4.69) is 6.07 Å². The number of quaternary nitrogens is 1. The third-order valence-electron chi connectivity index (χ3n) is 4.59. The molecule has 3 nitrogen and oxygen atoms in total. The Morgan fingerprint density at radius 3 is 2.44 bits per heavy atom. The fraction of sp³-hybridized carbons (Fsp3) is 0.316. The summed E-state index contributed by atoms with van der Waals surface area (Å²) >= 11 is 0. The highest BCUT2D eigenvalue weighted by Gasteiger charge is 2.31. The average molecular weight is 346 g/mol. The molecule has 0 unspecified atom stereocenters. The zero-order valence-corrected chi connectivity index (χ0v) is 13.7. The molecule has 1 saturated heterocycles. The predicted molar refractivity (Wildman–Crippen MR) is 89.2 cm³/mol. The summed E-state index contributed by atoms with van der Waals surface area (Å²) in [6.45, 7) is 3.82. The molecular formula is C19H19F3N3+. The van der Waals surface area contributed by atoms with Crippen molar-refractivity contribution in [1.82, 2.24) is 0 Å². The Labute approximate surface area is 144 Å². The van der Waals surface area contributed by atoms with E-state index < -0.39 is 11.7 Å². The minimum atomic E-state index is -4.32. The molecule has 0 radical (unpaired) electrons. The highest BCUT2D eigenvalue weighted by atomic mass is 19.4. The van der Waals surface area contributed by atoms with Gasteiger partial charge in [0, 0.05) is 11.3 Å². The van der Waals surface area contributed by atoms with Gasteiger partial charge in [-0.3, -0.25) is 0 Å². The lowest BCUT2D eigenvalue weighted by Gasteiger charge is -2.34. The lowest BCUT2D eigenvalue weighted by Crippen LogP contribution is -3.13. The smallest absolute Gasteiger partial charge is 0.360 e. The van der Waals surface area contributed by atoms with Crippen LogP contribution in [0.5, 0.6) is 0 Å². The Morgan fingerprint density at radius 1 is 1.04 bits per heavy atom. The normalized spacial score (nSPS) is 15.8. The van der Waals surface area contributed by atoms with E-state index >= 15 is 0 Å². The van der Waals surface area contributed by atoms with E-state index in [0.29, 0.717) is 24.3 Å². The van der Waals surface area contributed by atoms with Gasteiger partial charge < -0.3 is 9.80 Å². The second-order valence-corrected chi connectivity index (χ2v) is 6.23. The molecule has 0 aromatic heterocycles. The van der Waals surface area contributed by atoms with Crippen molar-refractivity contribution in [2.45, 2.75) is 12.7 Å². The Morgan fingerprint density at radius 2 is 1.76 bits per heavy atom. The summed E-state index contributed by atoms with van der Waals surface area (Å²) in [4.78, 5) is 3.33. The maximum Gasteiger partial charge on any atom is 0.416 e. The first kappa shape index (κ1) is 17.3. The number of hydrogen-bond donors (Lipinski definition) is 1. The van der Waals surface area contributed by atoms with Crippen LogP contribution in [0, 0.1) is 11.3 Å². The highest BCUT2D eigenvalue weighted by molar-refractivity contribution is 5.49. The molecule has 3 rings (SSSR count). The van der Waals surface area contributed by atoms with Gasteiger partial charge in [-0.15, -0.1) is 0 Å². The number of benzene rings is 2. The Hall–Kier alpha value is -2.52. The number of nitriles is 1. The van der Waals surface area contributed by atoms with Crippen LogP contribution in [0.2, 0.25) is 0 Å². The summed E-state index contributed by atoms with van der Waals surface area (Å²) in [5.74, 6) is 0. The van der Waals surface area contributed by atoms with Gasteiger partial charge in [-0.05, 0) is 24.3 Å². The first-order valence-corrected chi connectivity index (χ1v) is 8.21. The summed E-state index contributed by atoms with van der Waals surface area (Å²) in [5.41, 5.74) is 1.72. The number of nitrogens with zero attached hydrogens (tertiary/aromatic N) is 2. The molecule has 0 aliphatic carbocycles. The van der Waals surface area contributed by atoms with E-state index in [9.17, 15) is 18.4 Å². The summed E-state index contributed by atoms with van der Waals surface area (Å²) in [7, 11) is 0. The number of hydrogen-bond acceptors (Lipinski definition) is 2. The van der Waals surface area contributed by atoms with Crippen molar-refractivity contribution in [2.24, 2.45) is 0 Å². The van der Waals surface area contributed by atoms with Gasteiger partial charge >= 0.3 is 6.18 Å². The van der Waals surface area contributed by atoms with E-state index in [1.807, 2.05) is 29.2 Å². The zero-order chi connectivity index (χ0) is 17.9. The molecule has 2 aromatic carbocycles. The van der Waals surface area contributed by atoms with Crippen LogP contribution < -0.4 is 9.80 Å². The third-order valence-corrected chi connectivity index (χ3v) is 4.59. The molecule has 1 aliphatic rings. The number of anilines is 1. The molecule has 0 atom stereocenters. The summed E-state index contributed by atoms with van der Waals surface area (Å²) in [6, 6.07) is 15.3. The first-order chi connectivity index (χ1) is 12.0. The Bertz CT molecular complexity index is 772. The fourth-order valence-electron chi connectivity index (χ4n) is 3.19. The van der Waals surface area contributed by atoms with Gasteiger partial charge in [0.1, 0.15) is 6.54 Å². The van der Waals surface area contributed by atoms with E-state index in [-0.39, 0.29) is 0 Å². The zero-order valence-electron chi connectivity index (χ0n) is 13.7. The SMILES string of the molecule is N#Cc1ccccc1C[NH+]1CCN(c2cccc(C(F)(F)F)c2)CC1. The maximum absolute atomic E-state index is 12.9. The average Bonchev–Trinajstić information content (AvgIpc) is 2.62. The first-order valence-electron chi connectivity index (χ1n) is 8.21. The molecule has 1 N–H and O–H groups in total. The van der Waals surface area contributed by atoms with Crippen LogP contribution in [0.15, 0.2) is 48.5 Å². The van der Waals surface area contributed by atoms with Crippen LogP contribution in [-0.4, -0.2) is 26.2 Å². The Balaban J connectivity index is 1.64. The third kappa shape index (κ3) is 4.12. The van der Waals surface area contributed by atoms with E-state index in [4.69, 9.17) is 0 Å². The number of rotatable bonds is 3. The monoisotopic (exact) mass is 346 g/mol. The van der Waals surface area contributed by atoms with Gasteiger partial charge in [-0.1, -0.05) is 24.3 Å². The highest BCUT2D eigenvalue weighted by Crippen LogP contribution is 2.31. The second-order valence-electron chi connectivity index (χ2n) is 6.23. The van der Waals surface area contributed by atoms with E-state index in [1.165, 1.54) is 17.0 Å². The molecule has 0 bridgehead atoms. The van der Waals surface area contributed by atoms with E-state index in [1.54, 1.807) is 6.07 Å². The molecule has 2 aromatic rings. The van der Waals surface area contributed by atoms with Crippen LogP contribution in [0.4, 0.5) is 18.9 Å². The van der Waals surface area contributed by atoms with Gasteiger partial charge in [0.2, 0.25) is 0 Å². The summed E-state index contributed by atoms with van der Waals surface area (Å²) < 4.78 is 38.6. The van der Waals surface area contributed by atoms with Crippen molar-refractivity contribution in [2.75, 3.05) is 31.1 Å².